The van der Waals surface area contributed by atoms with Crippen LogP contribution in [0.5, 0.6) is 11.5 Å². The molecule has 0 spiro atoms. The molecule has 0 radical (unpaired) electrons. The minimum absolute atomic E-state index is 0.0431. The lowest BCUT2D eigenvalue weighted by molar-refractivity contribution is -0.139. The Kier molecular flexibility index (Phi) is 7.12. The number of hydrogen-bond donors (Lipinski definition) is 1. The van der Waals surface area contributed by atoms with Gasteiger partial charge in [-0.2, -0.15) is 0 Å². The first-order chi connectivity index (χ1) is 14.8. The quantitative estimate of drug-likeness (QED) is 0.728. The van der Waals surface area contributed by atoms with Gasteiger partial charge in [0.2, 0.25) is 0 Å². The fourth-order valence-corrected chi connectivity index (χ4v) is 3.80. The van der Waals surface area contributed by atoms with Crippen LogP contribution in [0.3, 0.4) is 0 Å². The van der Waals surface area contributed by atoms with Crippen LogP contribution >= 0.6 is 0 Å². The van der Waals surface area contributed by atoms with Crippen LogP contribution in [0.2, 0.25) is 0 Å². The summed E-state index contributed by atoms with van der Waals surface area (Å²) in [5.41, 5.74) is 0.957. The van der Waals surface area contributed by atoms with Crippen molar-refractivity contribution in [3.63, 3.8) is 0 Å². The number of methoxy groups -OCH3 is 1. The molecule has 8 heteroatoms. The van der Waals surface area contributed by atoms with Crippen LogP contribution in [0.15, 0.2) is 42.5 Å². The maximum atomic E-state index is 13.1. The first kappa shape index (κ1) is 22.6. The van der Waals surface area contributed by atoms with Crippen molar-refractivity contribution >= 4 is 11.9 Å². The Labute approximate surface area is 181 Å². The zero-order valence-corrected chi connectivity index (χ0v) is 17.9. The number of aromatic carboxylic acids is 1. The number of carbonyl (C=O) groups is 2. The van der Waals surface area contributed by atoms with E-state index in [-0.39, 0.29) is 47.5 Å². The molecule has 1 heterocycles. The molecule has 0 aromatic heterocycles. The smallest absolute Gasteiger partial charge is 0.339 e. The number of benzene rings is 2. The zero-order valence-electron chi connectivity index (χ0n) is 17.9. The van der Waals surface area contributed by atoms with Gasteiger partial charge in [-0.1, -0.05) is 18.2 Å². The highest BCUT2D eigenvalue weighted by atomic mass is 19.1. The van der Waals surface area contributed by atoms with Crippen molar-refractivity contribution in [1.82, 2.24) is 9.80 Å². The SMILES string of the molecule is COc1cccc(C(=O)O)c1OCC(=O)N1C[C@H](C)N(Cc2ccc(F)cc2)C[C@H]1C. The van der Waals surface area contributed by atoms with Gasteiger partial charge < -0.3 is 19.5 Å². The van der Waals surface area contributed by atoms with Crippen molar-refractivity contribution in [3.05, 3.63) is 59.4 Å². The molecule has 0 unspecified atom stereocenters. The zero-order chi connectivity index (χ0) is 22.5. The summed E-state index contributed by atoms with van der Waals surface area (Å²) in [5, 5.41) is 9.38. The van der Waals surface area contributed by atoms with E-state index in [0.717, 1.165) is 5.56 Å². The number of carboxylic acids is 1. The van der Waals surface area contributed by atoms with E-state index in [1.165, 1.54) is 25.3 Å². The Morgan fingerprint density at radius 2 is 1.81 bits per heavy atom. The summed E-state index contributed by atoms with van der Waals surface area (Å²) in [4.78, 5) is 28.3. The molecule has 1 amide bonds. The average Bonchev–Trinajstić information content (AvgIpc) is 2.75. The molecule has 7 nitrogen and oxygen atoms in total. The third-order valence-electron chi connectivity index (χ3n) is 5.50. The van der Waals surface area contributed by atoms with Crippen LogP contribution in [0.1, 0.15) is 29.8 Å². The van der Waals surface area contributed by atoms with Crippen LogP contribution in [0, 0.1) is 5.82 Å². The summed E-state index contributed by atoms with van der Waals surface area (Å²) in [7, 11) is 1.42. The van der Waals surface area contributed by atoms with Crippen molar-refractivity contribution in [2.24, 2.45) is 0 Å². The molecule has 1 N–H and O–H groups in total. The first-order valence-corrected chi connectivity index (χ1v) is 10.1. The fourth-order valence-electron chi connectivity index (χ4n) is 3.80. The molecule has 0 bridgehead atoms. The largest absolute Gasteiger partial charge is 0.493 e. The number of amides is 1. The molecule has 2 aromatic rings. The molecule has 0 aliphatic carbocycles. The third-order valence-corrected chi connectivity index (χ3v) is 5.50. The maximum absolute atomic E-state index is 13.1. The molecular formula is C23H27FN2O5. The number of rotatable bonds is 7. The van der Waals surface area contributed by atoms with Crippen LogP contribution in [-0.2, 0) is 11.3 Å². The molecule has 1 saturated heterocycles. The average molecular weight is 430 g/mol. The lowest BCUT2D eigenvalue weighted by atomic mass is 10.1. The van der Waals surface area contributed by atoms with Crippen molar-refractivity contribution < 1.29 is 28.6 Å². The van der Waals surface area contributed by atoms with Crippen molar-refractivity contribution in [2.45, 2.75) is 32.5 Å². The van der Waals surface area contributed by atoms with E-state index in [1.54, 1.807) is 29.2 Å². The normalized spacial score (nSPS) is 19.2. The second-order valence-corrected chi connectivity index (χ2v) is 7.73. The molecule has 2 atom stereocenters. The predicted octanol–water partition coefficient (Wildman–Crippen LogP) is 3.03. The molecule has 1 fully saturated rings. The summed E-state index contributed by atoms with van der Waals surface area (Å²) in [6.07, 6.45) is 0. The van der Waals surface area contributed by atoms with Gasteiger partial charge in [-0.25, -0.2) is 9.18 Å². The predicted molar refractivity (Wildman–Crippen MR) is 113 cm³/mol. The standard InChI is InChI=1S/C23H27FN2O5/c1-15-12-26(16(2)11-25(15)13-17-7-9-18(24)10-8-17)21(27)14-31-22-19(23(28)29)5-4-6-20(22)30-3/h4-10,15-16H,11-14H2,1-3H3,(H,28,29)/t15-,16+/m0/s1. The second-order valence-electron chi connectivity index (χ2n) is 7.73. The number of halogens is 1. The number of nitrogens with zero attached hydrogens (tertiary/aromatic N) is 2. The van der Waals surface area contributed by atoms with Gasteiger partial charge in [-0.05, 0) is 43.7 Å². The number of para-hydroxylation sites is 1. The number of ether oxygens (including phenoxy) is 2. The third kappa shape index (κ3) is 5.32. The van der Waals surface area contributed by atoms with Crippen molar-refractivity contribution in [2.75, 3.05) is 26.8 Å². The van der Waals surface area contributed by atoms with Gasteiger partial charge in [0.1, 0.15) is 11.4 Å². The minimum Gasteiger partial charge on any atom is -0.493 e. The van der Waals surface area contributed by atoms with Gasteiger partial charge in [-0.3, -0.25) is 9.69 Å². The van der Waals surface area contributed by atoms with Crippen LogP contribution in [-0.4, -0.2) is 65.7 Å². The fraction of sp³-hybridized carbons (Fsp3) is 0.391. The van der Waals surface area contributed by atoms with E-state index in [0.29, 0.717) is 19.6 Å². The van der Waals surface area contributed by atoms with E-state index in [9.17, 15) is 19.1 Å². The lowest BCUT2D eigenvalue weighted by Crippen LogP contribution is -2.58. The molecular weight excluding hydrogens is 403 g/mol. The van der Waals surface area contributed by atoms with Crippen LogP contribution in [0.25, 0.3) is 0 Å². The minimum atomic E-state index is -1.15. The van der Waals surface area contributed by atoms with Gasteiger partial charge in [0.15, 0.2) is 18.1 Å². The summed E-state index contributed by atoms with van der Waals surface area (Å²) < 4.78 is 23.9. The highest BCUT2D eigenvalue weighted by Gasteiger charge is 2.32. The number of piperazine rings is 1. The van der Waals surface area contributed by atoms with Gasteiger partial charge >= 0.3 is 5.97 Å². The Morgan fingerprint density at radius 1 is 1.10 bits per heavy atom. The molecule has 0 saturated carbocycles. The molecule has 3 rings (SSSR count). The van der Waals surface area contributed by atoms with Gasteiger partial charge in [-0.15, -0.1) is 0 Å². The van der Waals surface area contributed by atoms with Crippen LogP contribution in [0.4, 0.5) is 4.39 Å². The highest BCUT2D eigenvalue weighted by molar-refractivity contribution is 5.92. The van der Waals surface area contributed by atoms with Crippen molar-refractivity contribution in [1.29, 1.82) is 0 Å². The number of hydrogen-bond acceptors (Lipinski definition) is 5. The Hall–Kier alpha value is -3.13. The molecule has 1 aliphatic rings. The van der Waals surface area contributed by atoms with E-state index in [2.05, 4.69) is 4.90 Å². The van der Waals surface area contributed by atoms with Gasteiger partial charge in [0.05, 0.1) is 7.11 Å². The topological polar surface area (TPSA) is 79.3 Å². The molecule has 31 heavy (non-hydrogen) atoms. The number of carboxylic acid groups (broad SMARTS) is 1. The highest BCUT2D eigenvalue weighted by Crippen LogP contribution is 2.31. The Morgan fingerprint density at radius 3 is 2.45 bits per heavy atom. The van der Waals surface area contributed by atoms with E-state index < -0.39 is 5.97 Å². The van der Waals surface area contributed by atoms with Gasteiger partial charge in [0.25, 0.3) is 5.91 Å². The molecule has 1 aliphatic heterocycles. The Bertz CT molecular complexity index is 934. The van der Waals surface area contributed by atoms with Gasteiger partial charge in [0, 0.05) is 31.7 Å². The number of carbonyl (C=O) groups excluding carboxylic acids is 1. The Balaban J connectivity index is 1.63. The lowest BCUT2D eigenvalue weighted by Gasteiger charge is -2.44. The van der Waals surface area contributed by atoms with Crippen LogP contribution < -0.4 is 9.47 Å². The summed E-state index contributed by atoms with van der Waals surface area (Å²) in [6, 6.07) is 11.0. The maximum Gasteiger partial charge on any atom is 0.339 e. The second kappa shape index (κ2) is 9.78. The van der Waals surface area contributed by atoms with E-state index >= 15 is 0 Å². The van der Waals surface area contributed by atoms with Crippen molar-refractivity contribution in [3.8, 4) is 11.5 Å². The van der Waals surface area contributed by atoms with E-state index in [4.69, 9.17) is 9.47 Å². The summed E-state index contributed by atoms with van der Waals surface area (Å²) in [5.74, 6) is -1.33. The molecule has 166 valence electrons. The summed E-state index contributed by atoms with van der Waals surface area (Å²) >= 11 is 0. The monoisotopic (exact) mass is 430 g/mol. The molecule has 2 aromatic carbocycles. The summed E-state index contributed by atoms with van der Waals surface area (Å²) in [6.45, 7) is 5.58. The van der Waals surface area contributed by atoms with E-state index in [1.807, 2.05) is 13.8 Å². The first-order valence-electron chi connectivity index (χ1n) is 10.1.